The molecule has 0 amide bonds. The number of nitrogens with zero attached hydrogens (tertiary/aromatic N) is 1. The first kappa shape index (κ1) is 12.7. The van der Waals surface area contributed by atoms with Crippen LogP contribution in [0, 0.1) is 0 Å². The van der Waals surface area contributed by atoms with Crippen molar-refractivity contribution in [3.8, 4) is 0 Å². The quantitative estimate of drug-likeness (QED) is 0.866. The molecule has 0 atom stereocenters. The molecule has 1 aliphatic carbocycles. The van der Waals surface area contributed by atoms with Crippen molar-refractivity contribution >= 4 is 38.2 Å². The fourth-order valence-electron chi connectivity index (χ4n) is 2.90. The molecular formula is C15H18BrN3. The molecule has 3 nitrogen and oxygen atoms in total. The summed E-state index contributed by atoms with van der Waals surface area (Å²) in [7, 11) is 0. The van der Waals surface area contributed by atoms with E-state index >= 15 is 0 Å². The highest BCUT2D eigenvalue weighted by molar-refractivity contribution is 9.10. The van der Waals surface area contributed by atoms with E-state index in [0.717, 1.165) is 26.8 Å². The zero-order valence-electron chi connectivity index (χ0n) is 11.0. The molecule has 0 radical (unpaired) electrons. The zero-order chi connectivity index (χ0) is 13.5. The second-order valence-electron chi connectivity index (χ2n) is 5.64. The Hall–Kier alpha value is -1.29. The maximum atomic E-state index is 6.13. The minimum atomic E-state index is 0.157. The molecule has 0 aliphatic heterocycles. The second-order valence-corrected chi connectivity index (χ2v) is 6.56. The molecule has 1 saturated carbocycles. The number of aromatic nitrogens is 1. The number of benzene rings is 1. The predicted molar refractivity (Wildman–Crippen MR) is 84.4 cm³/mol. The number of hydrogen-bond acceptors (Lipinski definition) is 3. The minimum Gasteiger partial charge on any atom is -0.396 e. The molecule has 2 aromatic rings. The van der Waals surface area contributed by atoms with Crippen molar-refractivity contribution in [2.75, 3.05) is 11.1 Å². The van der Waals surface area contributed by atoms with Gasteiger partial charge in [0.25, 0.3) is 0 Å². The molecule has 0 unspecified atom stereocenters. The number of hydrogen-bond donors (Lipinski definition) is 2. The van der Waals surface area contributed by atoms with Crippen LogP contribution in [0.25, 0.3) is 10.9 Å². The van der Waals surface area contributed by atoms with Crippen molar-refractivity contribution in [1.29, 1.82) is 0 Å². The predicted octanol–water partition coefficient (Wildman–Crippen LogP) is 4.32. The molecule has 1 aromatic heterocycles. The summed E-state index contributed by atoms with van der Waals surface area (Å²) in [5.41, 5.74) is 9.01. The normalized spacial score (nSPS) is 17.8. The van der Waals surface area contributed by atoms with Gasteiger partial charge in [0.1, 0.15) is 0 Å². The van der Waals surface area contributed by atoms with Gasteiger partial charge >= 0.3 is 0 Å². The number of pyridine rings is 1. The fraction of sp³-hybridized carbons (Fsp3) is 0.400. The van der Waals surface area contributed by atoms with Crippen LogP contribution in [0.2, 0.25) is 0 Å². The van der Waals surface area contributed by atoms with E-state index in [1.54, 1.807) is 6.20 Å². The average Bonchev–Trinajstić information content (AvgIpc) is 2.80. The van der Waals surface area contributed by atoms with Crippen LogP contribution in [-0.2, 0) is 0 Å². The van der Waals surface area contributed by atoms with Gasteiger partial charge in [0, 0.05) is 15.4 Å². The summed E-state index contributed by atoms with van der Waals surface area (Å²) in [6.45, 7) is 2.28. The van der Waals surface area contributed by atoms with E-state index < -0.39 is 0 Å². The van der Waals surface area contributed by atoms with E-state index in [9.17, 15) is 0 Å². The Kier molecular flexibility index (Phi) is 3.13. The molecule has 1 fully saturated rings. The van der Waals surface area contributed by atoms with Gasteiger partial charge in [-0.25, -0.2) is 0 Å². The Morgan fingerprint density at radius 1 is 1.32 bits per heavy atom. The molecule has 19 heavy (non-hydrogen) atoms. The highest BCUT2D eigenvalue weighted by Crippen LogP contribution is 2.37. The van der Waals surface area contributed by atoms with E-state index in [1.807, 2.05) is 12.1 Å². The molecule has 100 valence electrons. The molecule has 0 saturated heterocycles. The molecule has 3 N–H and O–H groups in total. The first-order valence-corrected chi connectivity index (χ1v) is 7.49. The van der Waals surface area contributed by atoms with Crippen LogP contribution < -0.4 is 11.1 Å². The summed E-state index contributed by atoms with van der Waals surface area (Å²) in [5.74, 6) is 0. The van der Waals surface area contributed by atoms with Crippen LogP contribution in [0.1, 0.15) is 32.6 Å². The van der Waals surface area contributed by atoms with Crippen LogP contribution in [-0.4, -0.2) is 10.5 Å². The summed E-state index contributed by atoms with van der Waals surface area (Å²) in [6.07, 6.45) is 6.72. The van der Waals surface area contributed by atoms with Crippen LogP contribution in [0.3, 0.4) is 0 Å². The zero-order valence-corrected chi connectivity index (χ0v) is 12.6. The van der Waals surface area contributed by atoms with Crippen molar-refractivity contribution in [2.24, 2.45) is 0 Å². The van der Waals surface area contributed by atoms with Crippen molar-refractivity contribution in [2.45, 2.75) is 38.1 Å². The number of halogens is 1. The highest BCUT2D eigenvalue weighted by atomic mass is 79.9. The Morgan fingerprint density at radius 2 is 2.05 bits per heavy atom. The van der Waals surface area contributed by atoms with Gasteiger partial charge in [-0.1, -0.05) is 28.8 Å². The molecule has 0 bridgehead atoms. The standard InChI is InChI=1S/C15H18BrN3/c1-15(6-2-3-7-15)19-14-11-8-10(16)4-5-13(11)18-9-12(14)17/h4-5,8-9H,2-3,6-7,17H2,1H3,(H,18,19). The topological polar surface area (TPSA) is 50.9 Å². The van der Waals surface area contributed by atoms with Gasteiger partial charge in [0.05, 0.1) is 23.1 Å². The largest absolute Gasteiger partial charge is 0.396 e. The van der Waals surface area contributed by atoms with E-state index in [2.05, 4.69) is 39.2 Å². The van der Waals surface area contributed by atoms with Crippen LogP contribution in [0.4, 0.5) is 11.4 Å². The van der Waals surface area contributed by atoms with Gasteiger partial charge in [-0.3, -0.25) is 4.98 Å². The van der Waals surface area contributed by atoms with Crippen LogP contribution >= 0.6 is 15.9 Å². The van der Waals surface area contributed by atoms with Crippen LogP contribution in [0.5, 0.6) is 0 Å². The van der Waals surface area contributed by atoms with Crippen molar-refractivity contribution in [3.05, 3.63) is 28.9 Å². The lowest BCUT2D eigenvalue weighted by Crippen LogP contribution is -2.31. The monoisotopic (exact) mass is 319 g/mol. The molecule has 1 aliphatic rings. The lowest BCUT2D eigenvalue weighted by Gasteiger charge is -2.28. The molecule has 0 spiro atoms. The second kappa shape index (κ2) is 4.67. The number of nitrogen functional groups attached to an aromatic ring is 1. The highest BCUT2D eigenvalue weighted by Gasteiger charge is 2.29. The summed E-state index contributed by atoms with van der Waals surface area (Å²) in [4.78, 5) is 4.39. The lowest BCUT2D eigenvalue weighted by atomic mass is 9.99. The molecule has 1 aromatic carbocycles. The number of nitrogens with two attached hydrogens (primary N) is 1. The van der Waals surface area contributed by atoms with Gasteiger partial charge in [0.15, 0.2) is 0 Å². The summed E-state index contributed by atoms with van der Waals surface area (Å²) >= 11 is 3.52. The molecule has 4 heteroatoms. The fourth-order valence-corrected chi connectivity index (χ4v) is 3.26. The Balaban J connectivity index is 2.10. The number of anilines is 2. The van der Waals surface area contributed by atoms with Gasteiger partial charge in [0.2, 0.25) is 0 Å². The molecular weight excluding hydrogens is 302 g/mol. The van der Waals surface area contributed by atoms with Gasteiger partial charge in [-0.2, -0.15) is 0 Å². The number of nitrogens with one attached hydrogen (secondary N) is 1. The summed E-state index contributed by atoms with van der Waals surface area (Å²) < 4.78 is 1.05. The summed E-state index contributed by atoms with van der Waals surface area (Å²) in [6, 6.07) is 6.10. The first-order chi connectivity index (χ1) is 9.07. The average molecular weight is 320 g/mol. The van der Waals surface area contributed by atoms with Crippen molar-refractivity contribution < 1.29 is 0 Å². The molecule has 1 heterocycles. The van der Waals surface area contributed by atoms with E-state index in [4.69, 9.17) is 5.73 Å². The number of fused-ring (bicyclic) bond motifs is 1. The van der Waals surface area contributed by atoms with Gasteiger partial charge < -0.3 is 11.1 Å². The van der Waals surface area contributed by atoms with Crippen molar-refractivity contribution in [3.63, 3.8) is 0 Å². The third-order valence-corrected chi connectivity index (χ3v) is 4.49. The SMILES string of the molecule is CC1(Nc2c(N)cnc3ccc(Br)cc23)CCCC1. The molecule has 3 rings (SSSR count). The maximum absolute atomic E-state index is 6.13. The van der Waals surface area contributed by atoms with Gasteiger partial charge in [-0.05, 0) is 38.0 Å². The Bertz CT molecular complexity index is 613. The van der Waals surface area contributed by atoms with E-state index in [0.29, 0.717) is 0 Å². The third-order valence-electron chi connectivity index (χ3n) is 3.99. The lowest BCUT2D eigenvalue weighted by molar-refractivity contribution is 0.534. The Labute approximate surface area is 121 Å². The van der Waals surface area contributed by atoms with E-state index in [-0.39, 0.29) is 5.54 Å². The van der Waals surface area contributed by atoms with Crippen molar-refractivity contribution in [1.82, 2.24) is 4.98 Å². The third kappa shape index (κ3) is 2.41. The number of rotatable bonds is 2. The van der Waals surface area contributed by atoms with E-state index in [1.165, 1.54) is 25.7 Å². The van der Waals surface area contributed by atoms with Gasteiger partial charge in [-0.15, -0.1) is 0 Å². The minimum absolute atomic E-state index is 0.157. The van der Waals surface area contributed by atoms with Crippen LogP contribution in [0.15, 0.2) is 28.9 Å². The summed E-state index contributed by atoms with van der Waals surface area (Å²) in [5, 5.41) is 4.76. The maximum Gasteiger partial charge on any atom is 0.0743 e. The first-order valence-electron chi connectivity index (χ1n) is 6.69. The smallest absolute Gasteiger partial charge is 0.0743 e. The Morgan fingerprint density at radius 3 is 2.79 bits per heavy atom.